The molecule has 2 aromatic rings. The molecule has 0 radical (unpaired) electrons. The van der Waals surface area contributed by atoms with Gasteiger partial charge in [-0.3, -0.25) is 0 Å². The molecule has 0 spiro atoms. The Hall–Kier alpha value is -1.66. The average molecular weight is 251 g/mol. The Morgan fingerprint density at radius 1 is 1.33 bits per heavy atom. The number of hydrogen-bond acceptors (Lipinski definition) is 5. The molecule has 98 valence electrons. The third-order valence-corrected chi connectivity index (χ3v) is 2.33. The first-order valence-electron chi connectivity index (χ1n) is 5.99. The summed E-state index contributed by atoms with van der Waals surface area (Å²) >= 11 is 0. The van der Waals surface area contributed by atoms with Crippen LogP contribution < -0.4 is 0 Å². The molecule has 0 aromatic carbocycles. The maximum atomic E-state index is 5.46. The molecule has 0 saturated heterocycles. The van der Waals surface area contributed by atoms with Crippen LogP contribution in [0.2, 0.25) is 0 Å². The molecule has 18 heavy (non-hydrogen) atoms. The van der Waals surface area contributed by atoms with Crippen LogP contribution >= 0.6 is 0 Å². The molecule has 0 fully saturated rings. The van der Waals surface area contributed by atoms with Crippen LogP contribution in [0.5, 0.6) is 0 Å². The predicted octanol–water partition coefficient (Wildman–Crippen LogP) is 1.99. The smallest absolute Gasteiger partial charge is 0.204 e. The van der Waals surface area contributed by atoms with E-state index in [1.807, 2.05) is 26.0 Å². The van der Waals surface area contributed by atoms with Gasteiger partial charge in [0.05, 0.1) is 12.5 Å². The van der Waals surface area contributed by atoms with Crippen LogP contribution in [0.3, 0.4) is 0 Å². The zero-order chi connectivity index (χ0) is 12.8. The quantitative estimate of drug-likeness (QED) is 0.704. The van der Waals surface area contributed by atoms with E-state index in [2.05, 4.69) is 10.3 Å². The number of rotatable bonds is 7. The predicted molar refractivity (Wildman–Crippen MR) is 63.8 cm³/mol. The number of hydrogen-bond donors (Lipinski definition) is 0. The first-order valence-corrected chi connectivity index (χ1v) is 5.99. The van der Waals surface area contributed by atoms with Crippen LogP contribution in [-0.2, 0) is 16.0 Å². The Morgan fingerprint density at radius 2 is 2.11 bits per heavy atom. The third kappa shape index (κ3) is 3.18. The van der Waals surface area contributed by atoms with Gasteiger partial charge < -0.3 is 13.9 Å². The highest BCUT2D eigenvalue weighted by atomic mass is 16.7. The van der Waals surface area contributed by atoms with E-state index in [0.29, 0.717) is 25.5 Å². The Labute approximate surface area is 105 Å². The fourth-order valence-electron chi connectivity index (χ4n) is 1.58. The fraction of sp³-hybridized carbons (Fsp3) is 0.500. The minimum absolute atomic E-state index is 0.453. The van der Waals surface area contributed by atoms with Crippen LogP contribution in [-0.4, -0.2) is 28.2 Å². The van der Waals surface area contributed by atoms with Gasteiger partial charge in [0.1, 0.15) is 18.0 Å². The lowest BCUT2D eigenvalue weighted by molar-refractivity contribution is -0.142. The van der Waals surface area contributed by atoms with Crippen LogP contribution in [0.1, 0.15) is 31.6 Å². The standard InChI is InChI=1S/C12H17N3O3/c1-3-16-12(17-4-2)11-9-15(14-13-11)8-10-6-5-7-18-10/h5-7,9,12H,3-4,8H2,1-2H3. The van der Waals surface area contributed by atoms with E-state index in [1.54, 1.807) is 17.1 Å². The number of ether oxygens (including phenoxy) is 2. The first kappa shape index (κ1) is 12.8. The van der Waals surface area contributed by atoms with E-state index in [1.165, 1.54) is 0 Å². The SMILES string of the molecule is CCOC(OCC)c1cn(Cc2ccco2)nn1. The van der Waals surface area contributed by atoms with Gasteiger partial charge in [0.15, 0.2) is 0 Å². The molecule has 2 rings (SSSR count). The molecule has 0 aliphatic carbocycles. The molecule has 0 N–H and O–H groups in total. The summed E-state index contributed by atoms with van der Waals surface area (Å²) in [7, 11) is 0. The summed E-state index contributed by atoms with van der Waals surface area (Å²) < 4.78 is 17.9. The highest BCUT2D eigenvalue weighted by Gasteiger charge is 2.15. The minimum atomic E-state index is -0.453. The second kappa shape index (κ2) is 6.32. The van der Waals surface area contributed by atoms with Crippen LogP contribution in [0.25, 0.3) is 0 Å². The van der Waals surface area contributed by atoms with Gasteiger partial charge in [-0.25, -0.2) is 4.68 Å². The normalized spacial score (nSPS) is 11.3. The number of furan rings is 1. The van der Waals surface area contributed by atoms with Gasteiger partial charge in [-0.15, -0.1) is 5.10 Å². The molecule has 6 heteroatoms. The zero-order valence-corrected chi connectivity index (χ0v) is 10.6. The monoisotopic (exact) mass is 251 g/mol. The lowest BCUT2D eigenvalue weighted by Gasteiger charge is -2.13. The second-order valence-electron chi connectivity index (χ2n) is 3.66. The van der Waals surface area contributed by atoms with Gasteiger partial charge in [-0.05, 0) is 26.0 Å². The van der Waals surface area contributed by atoms with Gasteiger partial charge in [0.2, 0.25) is 6.29 Å². The van der Waals surface area contributed by atoms with Crippen molar-refractivity contribution < 1.29 is 13.9 Å². The lowest BCUT2D eigenvalue weighted by Crippen LogP contribution is -2.09. The van der Waals surface area contributed by atoms with E-state index in [4.69, 9.17) is 13.9 Å². The van der Waals surface area contributed by atoms with Crippen molar-refractivity contribution >= 4 is 0 Å². The third-order valence-electron chi connectivity index (χ3n) is 2.33. The van der Waals surface area contributed by atoms with E-state index in [-0.39, 0.29) is 0 Å². The molecule has 0 saturated carbocycles. The summed E-state index contributed by atoms with van der Waals surface area (Å²) in [6.45, 7) is 5.51. The van der Waals surface area contributed by atoms with Crippen molar-refractivity contribution in [3.63, 3.8) is 0 Å². The molecule has 0 atom stereocenters. The largest absolute Gasteiger partial charge is 0.467 e. The van der Waals surface area contributed by atoms with Crippen LogP contribution in [0, 0.1) is 0 Å². The van der Waals surface area contributed by atoms with Crippen molar-refractivity contribution in [2.45, 2.75) is 26.7 Å². The van der Waals surface area contributed by atoms with Gasteiger partial charge in [-0.1, -0.05) is 5.21 Å². The summed E-state index contributed by atoms with van der Waals surface area (Å²) in [5.74, 6) is 0.829. The number of aromatic nitrogens is 3. The molecule has 0 amide bonds. The van der Waals surface area contributed by atoms with Gasteiger partial charge >= 0.3 is 0 Å². The highest BCUT2D eigenvalue weighted by Crippen LogP contribution is 2.16. The van der Waals surface area contributed by atoms with E-state index < -0.39 is 6.29 Å². The maximum Gasteiger partial charge on any atom is 0.204 e. The Kier molecular flexibility index (Phi) is 4.49. The van der Waals surface area contributed by atoms with Gasteiger partial charge in [-0.2, -0.15) is 0 Å². The molecular formula is C12H17N3O3. The van der Waals surface area contributed by atoms with Crippen molar-refractivity contribution in [2.24, 2.45) is 0 Å². The summed E-state index contributed by atoms with van der Waals surface area (Å²) in [5.41, 5.74) is 0.672. The van der Waals surface area contributed by atoms with Crippen molar-refractivity contribution in [1.29, 1.82) is 0 Å². The Bertz CT molecular complexity index is 447. The minimum Gasteiger partial charge on any atom is -0.467 e. The topological polar surface area (TPSA) is 62.3 Å². The van der Waals surface area contributed by atoms with Crippen LogP contribution in [0.15, 0.2) is 29.0 Å². The molecule has 2 aromatic heterocycles. The molecule has 0 bridgehead atoms. The van der Waals surface area contributed by atoms with Crippen LogP contribution in [0.4, 0.5) is 0 Å². The molecular weight excluding hydrogens is 234 g/mol. The van der Waals surface area contributed by atoms with Crippen molar-refractivity contribution in [1.82, 2.24) is 15.0 Å². The van der Waals surface area contributed by atoms with Gasteiger partial charge in [0.25, 0.3) is 0 Å². The van der Waals surface area contributed by atoms with E-state index in [0.717, 1.165) is 5.76 Å². The van der Waals surface area contributed by atoms with E-state index >= 15 is 0 Å². The molecule has 0 aliphatic heterocycles. The summed E-state index contributed by atoms with van der Waals surface area (Å²) in [4.78, 5) is 0. The molecule has 2 heterocycles. The lowest BCUT2D eigenvalue weighted by atomic mass is 10.4. The maximum absolute atomic E-state index is 5.46. The van der Waals surface area contributed by atoms with Gasteiger partial charge in [0, 0.05) is 13.2 Å². The average Bonchev–Trinajstić information content (AvgIpc) is 3.01. The summed E-state index contributed by atoms with van der Waals surface area (Å²) in [6.07, 6.45) is 2.99. The Morgan fingerprint density at radius 3 is 2.72 bits per heavy atom. The highest BCUT2D eigenvalue weighted by molar-refractivity contribution is 5.01. The fourth-order valence-corrected chi connectivity index (χ4v) is 1.58. The van der Waals surface area contributed by atoms with Crippen molar-refractivity contribution in [2.75, 3.05) is 13.2 Å². The molecule has 0 unspecified atom stereocenters. The number of nitrogens with zero attached hydrogens (tertiary/aromatic N) is 3. The molecule has 6 nitrogen and oxygen atoms in total. The van der Waals surface area contributed by atoms with Crippen molar-refractivity contribution in [3.8, 4) is 0 Å². The summed E-state index contributed by atoms with van der Waals surface area (Å²) in [6, 6.07) is 3.74. The molecule has 0 aliphatic rings. The van der Waals surface area contributed by atoms with Crippen molar-refractivity contribution in [3.05, 3.63) is 36.0 Å². The van der Waals surface area contributed by atoms with E-state index in [9.17, 15) is 0 Å². The summed E-state index contributed by atoms with van der Waals surface area (Å²) in [5, 5.41) is 8.08. The first-order chi connectivity index (χ1) is 8.83. The Balaban J connectivity index is 2.03. The zero-order valence-electron chi connectivity index (χ0n) is 10.6. The second-order valence-corrected chi connectivity index (χ2v) is 3.66.